The molecule has 3 atom stereocenters. The first-order chi connectivity index (χ1) is 52.9. The fourth-order valence-corrected chi connectivity index (χ4v) is 16.5. The van der Waals surface area contributed by atoms with Crippen molar-refractivity contribution in [1.82, 2.24) is 0 Å². The largest absolute Gasteiger partial charge is 0.460 e. The molecule has 0 heterocycles. The third kappa shape index (κ3) is 13.5. The number of rotatable bonds is 35. The summed E-state index contributed by atoms with van der Waals surface area (Å²) < 4.78 is 1130. The predicted octanol–water partition coefficient (Wildman–Crippen LogP) is 25.8. The Kier molecular flexibility index (Phi) is 27.9. The average Bonchev–Trinajstić information content (AvgIpc) is 0.620. The summed E-state index contributed by atoms with van der Waals surface area (Å²) in [4.78, 5) is 12.5. The predicted molar refractivity (Wildman–Crippen MR) is 241 cm³/mol. The molecule has 0 aliphatic heterocycles. The summed E-state index contributed by atoms with van der Waals surface area (Å²) in [6.07, 6.45) is -66.0. The van der Waals surface area contributed by atoms with Crippen molar-refractivity contribution in [3.8, 4) is 0 Å². The van der Waals surface area contributed by atoms with Gasteiger partial charge in [-0.05, 0) is 23.7 Å². The van der Waals surface area contributed by atoms with E-state index in [2.05, 4.69) is 4.18 Å². The maximum Gasteiger partial charge on any atom is 0.460 e. The Morgan fingerprint density at radius 2 is 0.336 bits per heavy atom. The average molecular weight is 2080 g/mol. The first kappa shape index (κ1) is 117. The Bertz CT molecular complexity index is 3650. The molecule has 1 aromatic carbocycles. The number of benzene rings is 1. The van der Waals surface area contributed by atoms with Crippen LogP contribution in [0.1, 0.15) is 23.7 Å². The van der Waals surface area contributed by atoms with E-state index < -0.39 is 286 Å². The fraction of sp³-hybridized carbons (Fsp3) is 0.848. The second-order valence-corrected chi connectivity index (χ2v) is 28.9. The number of carbonyl (C=O) groups excluding carboxylic acids is 1. The maximum atomic E-state index is 18.5. The zero-order valence-corrected chi connectivity index (χ0v) is 56.1. The van der Waals surface area contributed by atoms with Crippen LogP contribution in [0, 0.1) is 0 Å². The summed E-state index contributed by atoms with van der Waals surface area (Å²) in [6, 6.07) is -13.2. The van der Waals surface area contributed by atoms with Gasteiger partial charge in [0.05, 0.1) is 17.6 Å². The first-order valence-electron chi connectivity index (χ1n) is 27.6. The molecule has 0 aromatic heterocycles. The summed E-state index contributed by atoms with van der Waals surface area (Å²) in [5.41, 5.74) is -3.39. The molecule has 1 rings (SSSR count). The van der Waals surface area contributed by atoms with Crippen molar-refractivity contribution < 1.29 is 338 Å². The lowest BCUT2D eigenvalue weighted by Crippen LogP contribution is -3.02. The van der Waals surface area contributed by atoms with Gasteiger partial charge in [-0.15, -0.1) is 0 Å². The summed E-state index contributed by atoms with van der Waals surface area (Å²) in [7, 11) is -17.3. The molecule has 0 radical (unpaired) electrons. The molecule has 2 nitrogen and oxygen atoms in total. The van der Waals surface area contributed by atoms with E-state index in [1.54, 1.807) is 0 Å². The molecule has 0 fully saturated rings. The van der Waals surface area contributed by atoms with Gasteiger partial charge in [0.1, 0.15) is 0 Å². The molecule has 0 aliphatic carbocycles. The van der Waals surface area contributed by atoms with Gasteiger partial charge in [0.25, 0.3) is 23.9 Å². The summed E-state index contributed by atoms with van der Waals surface area (Å²) in [5, 5.41) is -49.0. The highest BCUT2D eigenvalue weighted by molar-refractivity contribution is 7.95. The highest BCUT2D eigenvalue weighted by atomic mass is 32.2. The van der Waals surface area contributed by atoms with Gasteiger partial charge in [-0.2, -0.15) is 316 Å². The zero-order chi connectivity index (χ0) is 103. The summed E-state index contributed by atoms with van der Waals surface area (Å²) in [5.74, 6) is -319. The van der Waals surface area contributed by atoms with Crippen LogP contribution in [0.25, 0.3) is 0 Å². The van der Waals surface area contributed by atoms with Crippen LogP contribution in [0.5, 0.6) is 0 Å². The topological polar surface area (TPSA) is 26.3 Å². The molecule has 0 saturated carbocycles. The smallest absolute Gasteiger partial charge is 0.388 e. The quantitative estimate of drug-likeness (QED) is 0.0293. The van der Waals surface area contributed by atoms with Gasteiger partial charge in [0.2, 0.25) is 0 Å². The third-order valence-corrected chi connectivity index (χ3v) is 23.5. The molecule has 0 N–H and O–H groups in total. The molecule has 0 spiro atoms. The maximum absolute atomic E-state index is 18.5. The van der Waals surface area contributed by atoms with Crippen molar-refractivity contribution in [3.05, 3.63) is 29.8 Å². The summed E-state index contributed by atoms with van der Waals surface area (Å²) >= 11 is -1.04. The Morgan fingerprint density at radius 1 is 0.208 bits per heavy atom. The van der Waals surface area contributed by atoms with E-state index in [0.29, 0.717) is 6.92 Å². The number of carbonyl (C=O) groups is 1. The minimum atomic E-state index is -17.3. The van der Waals surface area contributed by atoms with E-state index in [4.69, 9.17) is 0 Å². The number of hydrogen-bond donors (Lipinski definition) is 0. The van der Waals surface area contributed by atoms with Crippen molar-refractivity contribution >= 4 is 31.3 Å². The minimum Gasteiger partial charge on any atom is -0.388 e. The normalized spacial score (nSPS) is 18.6. The van der Waals surface area contributed by atoms with Gasteiger partial charge in [0.15, 0.2) is 0 Å². The monoisotopic (exact) mass is 2080 g/mol. The van der Waals surface area contributed by atoms with Crippen LogP contribution in [0.2, 0.25) is 0 Å². The van der Waals surface area contributed by atoms with Crippen LogP contribution >= 0.6 is 12.0 Å². The van der Waals surface area contributed by atoms with E-state index in [1.165, 1.54) is 0 Å². The molecular formula is C46H11F75O2SSi. The lowest BCUT2D eigenvalue weighted by atomic mass is 9.85. The van der Waals surface area contributed by atoms with Crippen molar-refractivity contribution in [2.75, 3.05) is 5.75 Å². The number of halogens is 75. The Morgan fingerprint density at radius 3 is 0.456 bits per heavy atom. The highest BCUT2D eigenvalue weighted by Gasteiger charge is 3.14. The van der Waals surface area contributed by atoms with Gasteiger partial charge in [-0.25, -0.2) is 18.0 Å². The Labute approximate surface area is 631 Å². The van der Waals surface area contributed by atoms with Crippen LogP contribution in [0.4, 0.5) is 329 Å². The third-order valence-electron chi connectivity index (χ3n) is 16.5. The molecule has 1 aromatic rings. The van der Waals surface area contributed by atoms with E-state index in [9.17, 15) is 176 Å². The van der Waals surface area contributed by atoms with Gasteiger partial charge in [0, 0.05) is 5.75 Å². The second-order valence-electron chi connectivity index (χ2n) is 24.0. The molecule has 0 saturated heterocycles. The molecular weight excluding hydrogens is 2070 g/mol. The molecule has 125 heavy (non-hydrogen) atoms. The summed E-state index contributed by atoms with van der Waals surface area (Å²) in [6.45, 7) is 0.618. The van der Waals surface area contributed by atoms with Crippen LogP contribution in [-0.4, -0.2) is 233 Å². The van der Waals surface area contributed by atoms with Gasteiger partial charge in [-0.3, -0.25) is 0 Å². The highest BCUT2D eigenvalue weighted by Crippen LogP contribution is 2.80. The van der Waals surface area contributed by atoms with Crippen molar-refractivity contribution in [2.24, 2.45) is 0 Å². The van der Waals surface area contributed by atoms with E-state index in [1.807, 2.05) is 0 Å². The Hall–Kier alpha value is -5.99. The molecule has 742 valence electrons. The van der Waals surface area contributed by atoms with Crippen LogP contribution < -0.4 is 5.19 Å². The van der Waals surface area contributed by atoms with Gasteiger partial charge in [-0.1, -0.05) is 19.1 Å². The Balaban J connectivity index is 6.62. The van der Waals surface area contributed by atoms with Crippen molar-refractivity contribution in [2.45, 2.75) is 226 Å². The van der Waals surface area contributed by atoms with Crippen molar-refractivity contribution in [1.29, 1.82) is 0 Å². The fourth-order valence-electron chi connectivity index (χ4n) is 9.59. The van der Waals surface area contributed by atoms with Crippen LogP contribution in [-0.2, 0) is 4.18 Å². The van der Waals surface area contributed by atoms with E-state index >= 15 is 158 Å². The standard InChI is InChI=1S/C46H11F75O2SSi/c1-2-7-124-123-10(122)8-3-5-9(6-4-8)125(38(101,44(113,114)115)32(89,90)26(77,78)20(65,66)14(53,54)11(47,48)17(59,60)23(71,72)29(83,84)35(95,96)41(104,105)106,39(102,45(116,117)118)33(91,92)27(79,80)21(67,68)15(55,56)12(49,50)18(61,62)24(73,74)30(85,86)36(97,98)42(107,108)109)40(103,46(119,120)121)34(93,94)28(81,82)22(69,70)16(57,58)13(51,52)19(63,64)25(75,76)31(87,88)37(99,100)43(110,111)112/h3-6H,2,7H2,1H3. The molecule has 79 heteroatoms. The second kappa shape index (κ2) is 29.8. The van der Waals surface area contributed by atoms with Crippen LogP contribution in [0.3, 0.4) is 0 Å². The van der Waals surface area contributed by atoms with E-state index in [-0.39, 0.29) is 0 Å². The van der Waals surface area contributed by atoms with Gasteiger partial charge >= 0.3 is 203 Å². The molecule has 0 bridgehead atoms. The van der Waals surface area contributed by atoms with Crippen LogP contribution in [0.15, 0.2) is 24.3 Å². The molecule has 3 unspecified atom stereocenters. The zero-order valence-electron chi connectivity index (χ0n) is 54.3. The SMILES string of the molecule is CCCSOC(=O)c1ccc([Si](C(F)(C(F)(F)F)C(F)(F)C(F)(F)C(F)(F)C(F)(F)C(F)(F)C(F)(F)C(F)(F)C(F)(F)C(F)(F)C(F)(F)F)(C(F)(C(F)(F)F)C(F)(F)C(F)(F)C(F)(F)C(F)(F)C(F)(F)C(F)(F)C(F)(F)C(F)(F)C(F)(F)C(F)(F)F)C(F)(C(F)(F)F)C(F)(F)C(F)(F)C(F)(F)C(F)(F)C(F)(F)C(F)(F)C(F)(F)C(F)(F)C(F)(F)C(F)(F)F)cc1. The minimum absolute atomic E-state index is 0.618. The number of alkyl halides is 75. The number of hydrogen-bond acceptors (Lipinski definition) is 3. The molecule has 0 aliphatic rings. The van der Waals surface area contributed by atoms with E-state index in [0.717, 1.165) is 0 Å². The van der Waals surface area contributed by atoms with Crippen molar-refractivity contribution in [3.63, 3.8) is 0 Å². The molecule has 0 amide bonds. The first-order valence-corrected chi connectivity index (χ1v) is 30.5. The lowest BCUT2D eigenvalue weighted by Gasteiger charge is -2.62. The van der Waals surface area contributed by atoms with Gasteiger partial charge < -0.3 is 4.18 Å². The lowest BCUT2D eigenvalue weighted by molar-refractivity contribution is -0.481.